The fourth-order valence-electron chi connectivity index (χ4n) is 1.60. The van der Waals surface area contributed by atoms with E-state index in [9.17, 15) is 0 Å². The maximum atomic E-state index is 7.00. The minimum atomic E-state index is 0.120. The van der Waals surface area contributed by atoms with Crippen LogP contribution in [0.5, 0.6) is 0 Å². The molecule has 20 heavy (non-hydrogen) atoms. The van der Waals surface area contributed by atoms with Gasteiger partial charge in [0.2, 0.25) is 0 Å². The van der Waals surface area contributed by atoms with E-state index < -0.39 is 0 Å². The summed E-state index contributed by atoms with van der Waals surface area (Å²) in [5, 5.41) is 0. The third-order valence-electron chi connectivity index (χ3n) is 3.01. The molecule has 0 aliphatic heterocycles. The van der Waals surface area contributed by atoms with Gasteiger partial charge in [0.05, 0.1) is 0 Å². The Hall–Kier alpha value is -0.569. The average Bonchev–Trinajstić information content (AvgIpc) is 2.57. The van der Waals surface area contributed by atoms with Gasteiger partial charge in [-0.1, -0.05) is 57.0 Å². The molecule has 0 bridgehead atoms. The van der Waals surface area contributed by atoms with Crippen LogP contribution in [-0.4, -0.2) is 6.19 Å². The third-order valence-corrected chi connectivity index (χ3v) is 3.01. The van der Waals surface area contributed by atoms with Crippen LogP contribution in [0, 0.1) is 12.0 Å². The summed E-state index contributed by atoms with van der Waals surface area (Å²) in [6, 6.07) is 9.10. The zero-order valence-electron chi connectivity index (χ0n) is 13.5. The van der Waals surface area contributed by atoms with E-state index in [2.05, 4.69) is 66.0 Å². The van der Waals surface area contributed by atoms with Crippen LogP contribution in [0.2, 0.25) is 13.1 Å². The van der Waals surface area contributed by atoms with Crippen LogP contribution in [-0.2, 0) is 19.2 Å². The molecule has 1 unspecified atom stereocenters. The van der Waals surface area contributed by atoms with Gasteiger partial charge in [0, 0.05) is 0 Å². The molecule has 1 aromatic carbocycles. The smallest absolute Gasteiger partial charge is 0.0624 e. The Labute approximate surface area is 136 Å². The molecule has 1 N–H and O–H groups in total. The molecular formula is C17H25NSiTi. The summed E-state index contributed by atoms with van der Waals surface area (Å²) >= 11 is 2.27. The number of allylic oxidation sites excluding steroid dienone is 4. The standard InChI is InChI=1S/C9H13.C6H6N.C2H6Si.Ti/c1-6-5-7(2)9(4)8(6)3;7-6-4-2-1-3-5-6;1-3-2;/h6H,1-4H3;1-5,7H;1-2H3;/q2*-1;;+2. The molecule has 0 heterocycles. The average molecular weight is 319 g/mol. The first-order valence-corrected chi connectivity index (χ1v) is 11.7. The Morgan fingerprint density at radius 2 is 1.55 bits per heavy atom. The van der Waals surface area contributed by atoms with Gasteiger partial charge in [-0.15, -0.1) is 12.6 Å². The summed E-state index contributed by atoms with van der Waals surface area (Å²) in [6.45, 7) is 13.2. The minimum Gasteiger partial charge on any atom is -0.699 e. The van der Waals surface area contributed by atoms with Gasteiger partial charge in [0.1, 0.15) is 0 Å². The van der Waals surface area contributed by atoms with Crippen molar-refractivity contribution in [2.45, 2.75) is 40.8 Å². The van der Waals surface area contributed by atoms with Crippen LogP contribution in [0.4, 0.5) is 5.69 Å². The van der Waals surface area contributed by atoms with E-state index >= 15 is 0 Å². The SMILES string of the molecule is CC1=[C-]C(C)C(C)=C1C.C[Si](C)=[Ti+2].[NH-]c1ccccc1. The molecule has 1 aliphatic carbocycles. The first kappa shape index (κ1) is 19.4. The topological polar surface area (TPSA) is 23.8 Å². The van der Waals surface area contributed by atoms with E-state index in [-0.39, 0.29) is 6.19 Å². The van der Waals surface area contributed by atoms with Gasteiger partial charge in [-0.25, -0.2) is 5.57 Å². The zero-order chi connectivity index (χ0) is 15.7. The van der Waals surface area contributed by atoms with Gasteiger partial charge < -0.3 is 5.73 Å². The second-order valence-electron chi connectivity index (χ2n) is 5.17. The predicted octanol–water partition coefficient (Wildman–Crippen LogP) is 5.88. The van der Waals surface area contributed by atoms with Crippen molar-refractivity contribution in [3.05, 3.63) is 58.9 Å². The quantitative estimate of drug-likeness (QED) is 0.421. The Balaban J connectivity index is 0.000000293. The van der Waals surface area contributed by atoms with E-state index in [0.717, 1.165) is 0 Å². The second-order valence-corrected chi connectivity index (χ2v) is 11.8. The molecule has 1 aromatic rings. The first-order valence-electron chi connectivity index (χ1n) is 6.82. The number of rotatable bonds is 0. The van der Waals surface area contributed by atoms with Gasteiger partial charge >= 0.3 is 38.5 Å². The molecule has 0 spiro atoms. The van der Waals surface area contributed by atoms with Crippen molar-refractivity contribution in [1.29, 1.82) is 0 Å². The van der Waals surface area contributed by atoms with Crippen molar-refractivity contribution >= 4 is 11.9 Å². The van der Waals surface area contributed by atoms with Crippen LogP contribution in [0.25, 0.3) is 5.73 Å². The van der Waals surface area contributed by atoms with Crippen molar-refractivity contribution in [2.24, 2.45) is 5.92 Å². The first-order chi connectivity index (χ1) is 9.25. The maximum absolute atomic E-state index is 7.00. The molecule has 1 nitrogen and oxygen atoms in total. The molecule has 0 saturated carbocycles. The summed E-state index contributed by atoms with van der Waals surface area (Å²) in [4.78, 5) is 0. The van der Waals surface area contributed by atoms with Gasteiger partial charge in [-0.3, -0.25) is 6.08 Å². The molecule has 3 heteroatoms. The van der Waals surface area contributed by atoms with Crippen LogP contribution in [0.1, 0.15) is 27.7 Å². The fraction of sp³-hybridized carbons (Fsp3) is 0.412. The summed E-state index contributed by atoms with van der Waals surface area (Å²) in [6.07, 6.45) is 3.48. The maximum Gasteiger partial charge on any atom is -0.0624 e. The van der Waals surface area contributed by atoms with E-state index in [1.54, 1.807) is 12.1 Å². The molecule has 0 saturated heterocycles. The van der Waals surface area contributed by atoms with E-state index in [0.29, 0.717) is 11.6 Å². The molecule has 0 amide bonds. The van der Waals surface area contributed by atoms with Crippen LogP contribution in [0.15, 0.2) is 47.1 Å². The molecule has 1 aliphatic rings. The van der Waals surface area contributed by atoms with Crippen molar-refractivity contribution in [2.75, 3.05) is 0 Å². The van der Waals surface area contributed by atoms with E-state index in [1.165, 1.54) is 16.7 Å². The van der Waals surface area contributed by atoms with E-state index in [1.807, 2.05) is 18.2 Å². The van der Waals surface area contributed by atoms with Gasteiger partial charge in [-0.05, 0) is 0 Å². The number of hydrogen-bond donors (Lipinski definition) is 0. The van der Waals surface area contributed by atoms with Gasteiger partial charge in [0.15, 0.2) is 0 Å². The largest absolute Gasteiger partial charge is 0.699 e. The van der Waals surface area contributed by atoms with Crippen LogP contribution >= 0.6 is 0 Å². The summed E-state index contributed by atoms with van der Waals surface area (Å²) in [5.41, 5.74) is 11.8. The summed E-state index contributed by atoms with van der Waals surface area (Å²) < 4.78 is 0. The predicted molar refractivity (Wildman–Crippen MR) is 87.9 cm³/mol. The van der Waals surface area contributed by atoms with Crippen molar-refractivity contribution in [3.63, 3.8) is 0 Å². The Morgan fingerprint density at radius 1 is 1.10 bits per heavy atom. The van der Waals surface area contributed by atoms with Crippen molar-refractivity contribution in [1.82, 2.24) is 0 Å². The molecule has 0 aromatic heterocycles. The van der Waals surface area contributed by atoms with Crippen molar-refractivity contribution in [3.8, 4) is 0 Å². The monoisotopic (exact) mass is 319 g/mol. The van der Waals surface area contributed by atoms with Crippen molar-refractivity contribution < 1.29 is 19.2 Å². The Bertz CT molecular complexity index is 485. The molecule has 0 fully saturated rings. The fourth-order valence-corrected chi connectivity index (χ4v) is 1.60. The number of nitrogens with one attached hydrogen (secondary N) is 1. The second kappa shape index (κ2) is 10.2. The zero-order valence-corrected chi connectivity index (χ0v) is 16.0. The summed E-state index contributed by atoms with van der Waals surface area (Å²) in [5.74, 6) is 0.560. The van der Waals surface area contributed by atoms with E-state index in [4.69, 9.17) is 5.73 Å². The van der Waals surface area contributed by atoms with Crippen LogP contribution in [0.3, 0.4) is 0 Å². The Morgan fingerprint density at radius 3 is 1.70 bits per heavy atom. The molecule has 106 valence electrons. The van der Waals surface area contributed by atoms with Crippen LogP contribution < -0.4 is 0 Å². The van der Waals surface area contributed by atoms with Gasteiger partial charge in [-0.2, -0.15) is 11.1 Å². The molecule has 1 atom stereocenters. The summed E-state index contributed by atoms with van der Waals surface area (Å²) in [7, 11) is 0. The number of benzene rings is 1. The Kier molecular flexibility index (Phi) is 9.91. The normalized spacial score (nSPS) is 16.6. The molecular weight excluding hydrogens is 294 g/mol. The minimum absolute atomic E-state index is 0.120. The number of hydrogen-bond acceptors (Lipinski definition) is 0. The molecule has 0 radical (unpaired) electrons. The molecule has 2 rings (SSSR count). The van der Waals surface area contributed by atoms with Gasteiger partial charge in [0.25, 0.3) is 0 Å². The third kappa shape index (κ3) is 8.57.